The van der Waals surface area contributed by atoms with Crippen LogP contribution < -0.4 is 4.72 Å². The summed E-state index contributed by atoms with van der Waals surface area (Å²) in [4.78, 5) is 0.0119. The lowest BCUT2D eigenvalue weighted by Gasteiger charge is -2.12. The number of rotatable bonds is 7. The van der Waals surface area contributed by atoms with Crippen molar-refractivity contribution in [1.82, 2.24) is 4.72 Å². The van der Waals surface area contributed by atoms with Gasteiger partial charge >= 0.3 is 0 Å². The lowest BCUT2D eigenvalue weighted by atomic mass is 10.2. The van der Waals surface area contributed by atoms with Gasteiger partial charge in [0.1, 0.15) is 0 Å². The molecule has 0 aromatic heterocycles. The van der Waals surface area contributed by atoms with Gasteiger partial charge in [0.25, 0.3) is 0 Å². The van der Waals surface area contributed by atoms with E-state index < -0.39 is 19.9 Å². The van der Waals surface area contributed by atoms with Gasteiger partial charge in [0, 0.05) is 11.6 Å². The van der Waals surface area contributed by atoms with Crippen LogP contribution in [0.15, 0.2) is 81.4 Å². The molecule has 0 heterocycles. The Kier molecular flexibility index (Phi) is 6.67. The van der Waals surface area contributed by atoms with E-state index in [-0.39, 0.29) is 21.2 Å². The number of halogens is 1. The normalized spacial score (nSPS) is 12.1. The molecule has 0 aliphatic heterocycles. The maximum absolute atomic E-state index is 12.9. The van der Waals surface area contributed by atoms with E-state index in [0.717, 1.165) is 11.1 Å². The predicted octanol–water partition coefficient (Wildman–Crippen LogP) is 4.31. The maximum Gasteiger partial charge on any atom is 0.240 e. The van der Waals surface area contributed by atoms with Crippen molar-refractivity contribution in [1.29, 1.82) is 0 Å². The molecule has 0 saturated heterocycles. The van der Waals surface area contributed by atoms with E-state index in [4.69, 9.17) is 11.6 Å². The lowest BCUT2D eigenvalue weighted by Crippen LogP contribution is -2.27. The zero-order chi connectivity index (χ0) is 21.9. The van der Waals surface area contributed by atoms with Gasteiger partial charge in [-0.2, -0.15) is 0 Å². The number of sulfone groups is 1. The molecule has 30 heavy (non-hydrogen) atoms. The smallest absolute Gasteiger partial charge is 0.219 e. The molecule has 0 spiro atoms. The molecule has 3 aromatic rings. The van der Waals surface area contributed by atoms with Crippen LogP contribution in [-0.2, 0) is 26.3 Å². The molecule has 0 aliphatic rings. The van der Waals surface area contributed by atoms with E-state index in [9.17, 15) is 16.8 Å². The molecule has 3 aromatic carbocycles. The van der Waals surface area contributed by atoms with Gasteiger partial charge in [-0.3, -0.25) is 0 Å². The summed E-state index contributed by atoms with van der Waals surface area (Å²) in [5.74, 6) is 0. The van der Waals surface area contributed by atoms with Gasteiger partial charge in [-0.05, 0) is 67.8 Å². The fraction of sp³-hybridized carbons (Fsp3) is 0.182. The Bertz CT molecular complexity index is 1250. The molecule has 0 unspecified atom stereocenters. The summed E-state index contributed by atoms with van der Waals surface area (Å²) >= 11 is 5.86. The van der Waals surface area contributed by atoms with Gasteiger partial charge in [0.2, 0.25) is 19.9 Å². The Morgan fingerprint density at radius 2 is 1.40 bits per heavy atom. The van der Waals surface area contributed by atoms with Crippen LogP contribution in [0.4, 0.5) is 0 Å². The van der Waals surface area contributed by atoms with Crippen molar-refractivity contribution in [3.05, 3.63) is 88.4 Å². The van der Waals surface area contributed by atoms with Crippen molar-refractivity contribution < 1.29 is 16.8 Å². The highest BCUT2D eigenvalue weighted by Gasteiger charge is 2.23. The molecule has 0 fully saturated rings. The fourth-order valence-electron chi connectivity index (χ4n) is 2.95. The third-order valence-electron chi connectivity index (χ3n) is 4.71. The second-order valence-corrected chi connectivity index (χ2v) is 11.1. The number of hydrogen-bond acceptors (Lipinski definition) is 4. The van der Waals surface area contributed by atoms with E-state index >= 15 is 0 Å². The summed E-state index contributed by atoms with van der Waals surface area (Å²) in [5.41, 5.74) is 2.34. The Morgan fingerprint density at radius 3 is 2.03 bits per heavy atom. The highest BCUT2D eigenvalue weighted by atomic mass is 35.5. The van der Waals surface area contributed by atoms with Gasteiger partial charge in [0.15, 0.2) is 0 Å². The first-order chi connectivity index (χ1) is 14.1. The first-order valence-electron chi connectivity index (χ1n) is 9.26. The number of nitrogens with one attached hydrogen (secondary N) is 1. The molecule has 1 N–H and O–H groups in total. The maximum atomic E-state index is 12.9. The van der Waals surface area contributed by atoms with Crippen molar-refractivity contribution in [2.45, 2.75) is 35.0 Å². The van der Waals surface area contributed by atoms with Gasteiger partial charge in [0.05, 0.1) is 14.7 Å². The summed E-state index contributed by atoms with van der Waals surface area (Å²) in [6, 6.07) is 17.7. The first kappa shape index (κ1) is 22.5. The monoisotopic (exact) mass is 463 g/mol. The van der Waals surface area contributed by atoms with Crippen molar-refractivity contribution in [3.8, 4) is 0 Å². The van der Waals surface area contributed by atoms with Crippen LogP contribution in [0.2, 0.25) is 5.02 Å². The third kappa shape index (κ3) is 5.10. The molecule has 0 atom stereocenters. The van der Waals surface area contributed by atoms with E-state index in [1.54, 1.807) is 31.2 Å². The highest BCUT2D eigenvalue weighted by Crippen LogP contribution is 2.25. The SMILES string of the molecule is Cc1ccc(S(=O)(=O)c2ccc(C)c(S(=O)(=O)NCCc3ccc(Cl)cc3)c2)cc1. The molecule has 0 amide bonds. The van der Waals surface area contributed by atoms with Gasteiger partial charge in [-0.1, -0.05) is 47.5 Å². The Balaban J connectivity index is 1.84. The van der Waals surface area contributed by atoms with Crippen LogP contribution in [0.25, 0.3) is 0 Å². The lowest BCUT2D eigenvalue weighted by molar-refractivity contribution is 0.580. The molecular weight excluding hydrogens is 442 g/mol. The number of aryl methyl sites for hydroxylation is 2. The molecule has 8 heteroatoms. The van der Waals surface area contributed by atoms with Crippen molar-refractivity contribution >= 4 is 31.5 Å². The zero-order valence-electron chi connectivity index (χ0n) is 16.6. The largest absolute Gasteiger partial charge is 0.240 e. The number of benzene rings is 3. The summed E-state index contributed by atoms with van der Waals surface area (Å²) < 4.78 is 54.1. The van der Waals surface area contributed by atoms with Crippen LogP contribution in [-0.4, -0.2) is 23.4 Å². The second kappa shape index (κ2) is 8.89. The van der Waals surface area contributed by atoms with Crippen LogP contribution >= 0.6 is 11.6 Å². The van der Waals surface area contributed by atoms with Crippen molar-refractivity contribution in [3.63, 3.8) is 0 Å². The van der Waals surface area contributed by atoms with Crippen LogP contribution in [0, 0.1) is 13.8 Å². The number of hydrogen-bond donors (Lipinski definition) is 1. The summed E-state index contributed by atoms with van der Waals surface area (Å²) in [6.07, 6.45) is 0.483. The van der Waals surface area contributed by atoms with Gasteiger partial charge in [-0.15, -0.1) is 0 Å². The minimum atomic E-state index is -3.88. The van der Waals surface area contributed by atoms with Crippen molar-refractivity contribution in [2.24, 2.45) is 0 Å². The summed E-state index contributed by atoms with van der Waals surface area (Å²) in [7, 11) is -7.71. The van der Waals surface area contributed by atoms with E-state index in [1.165, 1.54) is 30.3 Å². The van der Waals surface area contributed by atoms with Crippen molar-refractivity contribution in [2.75, 3.05) is 6.54 Å². The molecule has 5 nitrogen and oxygen atoms in total. The Morgan fingerprint density at radius 1 is 0.800 bits per heavy atom. The Labute approximate surface area is 182 Å². The van der Waals surface area contributed by atoms with E-state index in [2.05, 4.69) is 4.72 Å². The topological polar surface area (TPSA) is 80.3 Å². The second-order valence-electron chi connectivity index (χ2n) is 7.02. The predicted molar refractivity (Wildman–Crippen MR) is 118 cm³/mol. The van der Waals surface area contributed by atoms with E-state index in [1.807, 2.05) is 19.1 Å². The fourth-order valence-corrected chi connectivity index (χ4v) is 5.74. The summed E-state index contributed by atoms with van der Waals surface area (Å²) in [6.45, 7) is 3.68. The minimum Gasteiger partial charge on any atom is -0.219 e. The quantitative estimate of drug-likeness (QED) is 0.566. The molecular formula is C22H22ClNO4S2. The zero-order valence-corrected chi connectivity index (χ0v) is 19.0. The standard InChI is InChI=1S/C22H22ClNO4S2/c1-16-3-10-20(11-4-16)29(25,26)21-12-5-17(2)22(15-21)30(27,28)24-14-13-18-6-8-19(23)9-7-18/h3-12,15,24H,13-14H2,1-2H3. The number of sulfonamides is 1. The molecule has 0 bridgehead atoms. The Hall–Kier alpha value is -2.19. The van der Waals surface area contributed by atoms with Gasteiger partial charge in [-0.25, -0.2) is 21.6 Å². The molecule has 0 radical (unpaired) electrons. The first-order valence-corrected chi connectivity index (χ1v) is 12.6. The van der Waals surface area contributed by atoms with E-state index in [0.29, 0.717) is 17.0 Å². The van der Waals surface area contributed by atoms with Crippen LogP contribution in [0.3, 0.4) is 0 Å². The molecule has 158 valence electrons. The van der Waals surface area contributed by atoms with Gasteiger partial charge < -0.3 is 0 Å². The third-order valence-corrected chi connectivity index (χ3v) is 8.33. The average molecular weight is 464 g/mol. The van der Waals surface area contributed by atoms with Crippen LogP contribution in [0.1, 0.15) is 16.7 Å². The molecule has 0 aliphatic carbocycles. The average Bonchev–Trinajstić information content (AvgIpc) is 2.70. The summed E-state index contributed by atoms with van der Waals surface area (Å²) in [5, 5.41) is 0.613. The highest BCUT2D eigenvalue weighted by molar-refractivity contribution is 7.91. The molecule has 0 saturated carbocycles. The van der Waals surface area contributed by atoms with Crippen LogP contribution in [0.5, 0.6) is 0 Å². The minimum absolute atomic E-state index is 0.0493. The molecule has 3 rings (SSSR count).